The van der Waals surface area contributed by atoms with E-state index in [1.165, 1.54) is 56.4 Å². The number of amides is 2. The highest BCUT2D eigenvalue weighted by molar-refractivity contribution is 7.19. The zero-order valence-corrected chi connectivity index (χ0v) is 16.3. The number of carbonyl (C=O) groups excluding carboxylic acids is 1. The standard InChI is InChI=1S/C18H30N6OS/c25-16(19-15-7-3-4-8-15)20-17-21-22-18(26-17)24-11-9-23(10-12-24)13-14-5-1-2-6-14/h14-15H,1-13H2,(H2,19,20,21,25). The van der Waals surface area contributed by atoms with Crippen LogP contribution in [-0.4, -0.2) is 59.9 Å². The van der Waals surface area contributed by atoms with Gasteiger partial charge in [0.2, 0.25) is 10.3 Å². The highest BCUT2D eigenvalue weighted by atomic mass is 32.1. The maximum absolute atomic E-state index is 12.1. The van der Waals surface area contributed by atoms with Crippen molar-refractivity contribution in [3.05, 3.63) is 0 Å². The lowest BCUT2D eigenvalue weighted by Gasteiger charge is -2.35. The Morgan fingerprint density at radius 2 is 1.69 bits per heavy atom. The van der Waals surface area contributed by atoms with Gasteiger partial charge in [0.05, 0.1) is 0 Å². The first-order chi connectivity index (χ1) is 12.8. The molecule has 0 unspecified atom stereocenters. The summed E-state index contributed by atoms with van der Waals surface area (Å²) in [5.74, 6) is 0.914. The number of nitrogens with zero attached hydrogens (tertiary/aromatic N) is 4. The summed E-state index contributed by atoms with van der Waals surface area (Å²) < 4.78 is 0. The molecule has 2 aliphatic carbocycles. The second-order valence-electron chi connectivity index (χ2n) is 7.91. The van der Waals surface area contributed by atoms with Gasteiger partial charge in [-0.1, -0.05) is 37.0 Å². The lowest BCUT2D eigenvalue weighted by Crippen LogP contribution is -2.47. The summed E-state index contributed by atoms with van der Waals surface area (Å²) in [5.41, 5.74) is 0. The smallest absolute Gasteiger partial charge is 0.321 e. The monoisotopic (exact) mass is 378 g/mol. The largest absolute Gasteiger partial charge is 0.344 e. The van der Waals surface area contributed by atoms with Gasteiger partial charge in [-0.25, -0.2) is 4.79 Å². The Morgan fingerprint density at radius 3 is 2.42 bits per heavy atom. The first kappa shape index (κ1) is 18.0. The summed E-state index contributed by atoms with van der Waals surface area (Å²) >= 11 is 1.47. The van der Waals surface area contributed by atoms with Gasteiger partial charge in [-0.05, 0) is 31.6 Å². The average Bonchev–Trinajstić information content (AvgIpc) is 3.38. The summed E-state index contributed by atoms with van der Waals surface area (Å²) in [7, 11) is 0. The van der Waals surface area contributed by atoms with Gasteiger partial charge < -0.3 is 10.2 Å². The lowest BCUT2D eigenvalue weighted by atomic mass is 10.1. The molecule has 2 amide bonds. The van der Waals surface area contributed by atoms with Crippen LogP contribution in [0.1, 0.15) is 51.4 Å². The van der Waals surface area contributed by atoms with E-state index >= 15 is 0 Å². The predicted octanol–water partition coefficient (Wildman–Crippen LogP) is 2.91. The first-order valence-electron chi connectivity index (χ1n) is 10.1. The molecule has 8 heteroatoms. The van der Waals surface area contributed by atoms with Gasteiger partial charge in [0.1, 0.15) is 0 Å². The second-order valence-corrected chi connectivity index (χ2v) is 8.86. The van der Waals surface area contributed by atoms with Gasteiger partial charge in [-0.2, -0.15) is 0 Å². The van der Waals surface area contributed by atoms with E-state index in [0.717, 1.165) is 50.1 Å². The molecule has 0 atom stereocenters. The molecule has 7 nitrogen and oxygen atoms in total. The molecule has 0 aromatic carbocycles. The van der Waals surface area contributed by atoms with E-state index in [0.29, 0.717) is 11.2 Å². The molecular formula is C18H30N6OS. The SMILES string of the molecule is O=C(Nc1nnc(N2CCN(CC3CCCC3)CC2)s1)NC1CCCC1. The number of aromatic nitrogens is 2. The molecule has 1 saturated heterocycles. The van der Waals surface area contributed by atoms with Crippen molar-refractivity contribution >= 4 is 27.6 Å². The fraction of sp³-hybridized carbons (Fsp3) is 0.833. The Kier molecular flexibility index (Phi) is 5.89. The van der Waals surface area contributed by atoms with Crippen LogP contribution in [0.2, 0.25) is 0 Å². The fourth-order valence-electron chi connectivity index (χ4n) is 4.46. The van der Waals surface area contributed by atoms with Crippen molar-refractivity contribution in [3.63, 3.8) is 0 Å². The molecule has 26 heavy (non-hydrogen) atoms. The summed E-state index contributed by atoms with van der Waals surface area (Å²) in [4.78, 5) is 17.0. The lowest BCUT2D eigenvalue weighted by molar-refractivity contribution is 0.219. The van der Waals surface area contributed by atoms with Gasteiger partial charge in [0.25, 0.3) is 0 Å². The maximum atomic E-state index is 12.1. The van der Waals surface area contributed by atoms with Crippen molar-refractivity contribution in [2.45, 2.75) is 57.4 Å². The van der Waals surface area contributed by atoms with Crippen LogP contribution in [-0.2, 0) is 0 Å². The molecular weight excluding hydrogens is 348 g/mol. The molecule has 2 saturated carbocycles. The van der Waals surface area contributed by atoms with Crippen LogP contribution in [0.15, 0.2) is 0 Å². The number of rotatable bonds is 5. The summed E-state index contributed by atoms with van der Waals surface area (Å²) in [6.45, 7) is 5.45. The highest BCUT2D eigenvalue weighted by Gasteiger charge is 2.24. The van der Waals surface area contributed by atoms with Crippen molar-refractivity contribution in [1.29, 1.82) is 0 Å². The van der Waals surface area contributed by atoms with Gasteiger partial charge in [-0.3, -0.25) is 10.2 Å². The summed E-state index contributed by atoms with van der Waals surface area (Å²) in [6, 6.07) is 0.163. The molecule has 0 spiro atoms. The third-order valence-electron chi connectivity index (χ3n) is 5.96. The molecule has 2 heterocycles. The van der Waals surface area contributed by atoms with Gasteiger partial charge in [0.15, 0.2) is 0 Å². The zero-order chi connectivity index (χ0) is 17.8. The minimum absolute atomic E-state index is 0.152. The molecule has 4 rings (SSSR count). The van der Waals surface area contributed by atoms with E-state index in [9.17, 15) is 4.79 Å². The third kappa shape index (κ3) is 4.65. The first-order valence-corrected chi connectivity index (χ1v) is 11.0. The molecule has 144 valence electrons. The van der Waals surface area contributed by atoms with Crippen molar-refractivity contribution in [1.82, 2.24) is 20.4 Å². The number of carbonyl (C=O) groups is 1. The van der Waals surface area contributed by atoms with Crippen molar-refractivity contribution in [2.24, 2.45) is 5.92 Å². The number of urea groups is 1. The summed E-state index contributed by atoms with van der Waals surface area (Å²) in [5, 5.41) is 15.8. The van der Waals surface area contributed by atoms with E-state index in [1.807, 2.05) is 0 Å². The van der Waals surface area contributed by atoms with Crippen molar-refractivity contribution < 1.29 is 4.79 Å². The Hall–Kier alpha value is -1.41. The topological polar surface area (TPSA) is 73.4 Å². The minimum atomic E-state index is -0.152. The van der Waals surface area contributed by atoms with E-state index in [4.69, 9.17) is 0 Å². The molecule has 3 aliphatic rings. The quantitative estimate of drug-likeness (QED) is 0.824. The Morgan fingerprint density at radius 1 is 1.00 bits per heavy atom. The van der Waals surface area contributed by atoms with Crippen LogP contribution >= 0.6 is 11.3 Å². The normalized spacial score (nSPS) is 22.8. The molecule has 1 aromatic rings. The molecule has 1 aliphatic heterocycles. The van der Waals surface area contributed by atoms with Crippen LogP contribution in [0.4, 0.5) is 15.1 Å². The predicted molar refractivity (Wildman–Crippen MR) is 105 cm³/mol. The van der Waals surface area contributed by atoms with E-state index in [1.54, 1.807) is 0 Å². The number of hydrogen-bond acceptors (Lipinski definition) is 6. The van der Waals surface area contributed by atoms with Crippen molar-refractivity contribution in [3.8, 4) is 0 Å². The van der Waals surface area contributed by atoms with Crippen LogP contribution in [0, 0.1) is 5.92 Å². The third-order valence-corrected chi connectivity index (χ3v) is 6.86. The minimum Gasteiger partial charge on any atom is -0.344 e. The molecule has 3 fully saturated rings. The Balaban J connectivity index is 1.22. The number of nitrogens with one attached hydrogen (secondary N) is 2. The fourth-order valence-corrected chi connectivity index (χ4v) is 5.25. The summed E-state index contributed by atoms with van der Waals surface area (Å²) in [6.07, 6.45) is 10.2. The van der Waals surface area contributed by atoms with Gasteiger partial charge in [-0.15, -0.1) is 10.2 Å². The van der Waals surface area contributed by atoms with Crippen LogP contribution in [0.3, 0.4) is 0 Å². The van der Waals surface area contributed by atoms with E-state index in [-0.39, 0.29) is 6.03 Å². The second kappa shape index (κ2) is 8.52. The number of piperazine rings is 1. The molecule has 1 aromatic heterocycles. The van der Waals surface area contributed by atoms with Crippen LogP contribution in [0.25, 0.3) is 0 Å². The number of anilines is 2. The van der Waals surface area contributed by atoms with Crippen molar-refractivity contribution in [2.75, 3.05) is 42.9 Å². The number of hydrogen-bond donors (Lipinski definition) is 2. The maximum Gasteiger partial charge on any atom is 0.321 e. The van der Waals surface area contributed by atoms with E-state index < -0.39 is 0 Å². The molecule has 0 radical (unpaired) electrons. The Labute approximate surface area is 159 Å². The van der Waals surface area contributed by atoms with Crippen LogP contribution in [0.5, 0.6) is 0 Å². The van der Waals surface area contributed by atoms with Gasteiger partial charge >= 0.3 is 6.03 Å². The highest BCUT2D eigenvalue weighted by Crippen LogP contribution is 2.28. The molecule has 2 N–H and O–H groups in total. The van der Waals surface area contributed by atoms with Crippen LogP contribution < -0.4 is 15.5 Å². The average molecular weight is 379 g/mol. The van der Waals surface area contributed by atoms with Gasteiger partial charge in [0, 0.05) is 38.8 Å². The Bertz CT molecular complexity index is 588. The molecule has 0 bridgehead atoms. The zero-order valence-electron chi connectivity index (χ0n) is 15.5. The van der Waals surface area contributed by atoms with E-state index in [2.05, 4.69) is 30.6 Å².